The summed E-state index contributed by atoms with van der Waals surface area (Å²) in [5.41, 5.74) is 8.58. The first-order valence-corrected chi connectivity index (χ1v) is 11.9. The predicted molar refractivity (Wildman–Crippen MR) is 121 cm³/mol. The van der Waals surface area contributed by atoms with Gasteiger partial charge in [-0.1, -0.05) is 56.4 Å². The molecule has 2 nitrogen and oxygen atoms in total. The van der Waals surface area contributed by atoms with Gasteiger partial charge >= 0.3 is 0 Å². The molecule has 6 rings (SSSR count). The molecule has 4 saturated carbocycles. The fourth-order valence-corrected chi connectivity index (χ4v) is 8.73. The van der Waals surface area contributed by atoms with Crippen molar-refractivity contribution in [1.29, 1.82) is 0 Å². The number of thiocarbonyl (C=S) groups is 1. The largest absolute Gasteiger partial charge is 0.365 e. The third-order valence-corrected chi connectivity index (χ3v) is 10.1. The van der Waals surface area contributed by atoms with Crippen molar-refractivity contribution >= 4 is 28.8 Å². The van der Waals surface area contributed by atoms with E-state index in [1.54, 1.807) is 0 Å². The van der Waals surface area contributed by atoms with Gasteiger partial charge in [-0.2, -0.15) is 0 Å². The summed E-state index contributed by atoms with van der Waals surface area (Å²) in [6.07, 6.45) is 7.26. The Morgan fingerprint density at radius 2 is 1.93 bits per heavy atom. The highest BCUT2D eigenvalue weighted by Crippen LogP contribution is 2.77. The lowest BCUT2D eigenvalue weighted by atomic mass is 9.63. The zero-order valence-corrected chi connectivity index (χ0v) is 18.8. The van der Waals surface area contributed by atoms with Crippen molar-refractivity contribution in [2.24, 2.45) is 27.9 Å². The van der Waals surface area contributed by atoms with E-state index in [0.29, 0.717) is 0 Å². The zero-order valence-electron chi connectivity index (χ0n) is 17.2. The standard InChI is InChI=1S/C24H33ClN2S/c1-21(2)16-27(9-8-19(21)26)20(28)24-12-17-10-22(14-24,13-23(24,11-17)15-25)18-6-4-3-5-7-18/h3-7,17,19H,8-16,26H2,1-2H3/t17?,19-,22?,23?,24?/m0/s1. The predicted octanol–water partition coefficient (Wildman–Crippen LogP) is 5.13. The van der Waals surface area contributed by atoms with Gasteiger partial charge in [0, 0.05) is 30.4 Å². The lowest BCUT2D eigenvalue weighted by Crippen LogP contribution is -2.58. The van der Waals surface area contributed by atoms with Crippen LogP contribution in [-0.4, -0.2) is 34.9 Å². The van der Waals surface area contributed by atoms with Gasteiger partial charge in [0.2, 0.25) is 0 Å². The van der Waals surface area contributed by atoms with Gasteiger partial charge in [0.15, 0.2) is 0 Å². The molecule has 0 radical (unpaired) electrons. The molecule has 4 heteroatoms. The molecule has 0 spiro atoms. The first-order valence-electron chi connectivity index (χ1n) is 10.9. The van der Waals surface area contributed by atoms with Gasteiger partial charge in [-0.05, 0) is 66.3 Å². The van der Waals surface area contributed by atoms with Gasteiger partial charge in [0.05, 0.1) is 4.99 Å². The van der Waals surface area contributed by atoms with E-state index < -0.39 is 0 Å². The van der Waals surface area contributed by atoms with Crippen molar-refractivity contribution in [2.75, 3.05) is 19.0 Å². The van der Waals surface area contributed by atoms with Gasteiger partial charge < -0.3 is 10.6 Å². The fraction of sp³-hybridized carbons (Fsp3) is 0.708. The molecule has 0 amide bonds. The topological polar surface area (TPSA) is 29.3 Å². The molecule has 0 aromatic heterocycles. The number of piperidine rings is 1. The highest BCUT2D eigenvalue weighted by atomic mass is 35.5. The number of benzene rings is 1. The number of nitrogens with zero attached hydrogens (tertiary/aromatic N) is 1. The molecule has 1 heterocycles. The minimum Gasteiger partial charge on any atom is -0.365 e. The van der Waals surface area contributed by atoms with Crippen molar-refractivity contribution in [3.63, 3.8) is 0 Å². The van der Waals surface area contributed by atoms with Crippen molar-refractivity contribution in [2.45, 2.75) is 63.8 Å². The molecular formula is C24H33ClN2S. The van der Waals surface area contributed by atoms with E-state index >= 15 is 0 Å². The summed E-state index contributed by atoms with van der Waals surface area (Å²) in [6, 6.07) is 11.5. The molecule has 1 aromatic carbocycles. The molecule has 1 saturated heterocycles. The second-order valence-corrected chi connectivity index (χ2v) is 11.7. The average molecular weight is 417 g/mol. The summed E-state index contributed by atoms with van der Waals surface area (Å²) < 4.78 is 0. The van der Waals surface area contributed by atoms with Crippen LogP contribution < -0.4 is 5.73 Å². The van der Waals surface area contributed by atoms with E-state index in [2.05, 4.69) is 49.1 Å². The Morgan fingerprint density at radius 3 is 2.61 bits per heavy atom. The summed E-state index contributed by atoms with van der Waals surface area (Å²) in [5, 5.41) is 0. The first-order chi connectivity index (χ1) is 13.3. The van der Waals surface area contributed by atoms with Crippen molar-refractivity contribution in [3.8, 4) is 0 Å². The second-order valence-electron chi connectivity index (χ2n) is 11.1. The average Bonchev–Trinajstić information content (AvgIpc) is 3.04. The van der Waals surface area contributed by atoms with Gasteiger partial charge in [-0.25, -0.2) is 0 Å². The number of alkyl halides is 1. The Hall–Kier alpha value is -0.640. The van der Waals surface area contributed by atoms with Gasteiger partial charge in [-0.3, -0.25) is 0 Å². The molecule has 2 N–H and O–H groups in total. The van der Waals surface area contributed by atoms with E-state index in [0.717, 1.165) is 31.3 Å². The molecule has 5 atom stereocenters. The van der Waals surface area contributed by atoms with Gasteiger partial charge in [0.25, 0.3) is 0 Å². The summed E-state index contributed by atoms with van der Waals surface area (Å²) in [5.74, 6) is 1.51. The van der Waals surface area contributed by atoms with Crippen molar-refractivity contribution in [1.82, 2.24) is 4.90 Å². The van der Waals surface area contributed by atoms with E-state index in [1.807, 2.05) is 0 Å². The van der Waals surface area contributed by atoms with Crippen LogP contribution in [0.1, 0.15) is 57.9 Å². The third kappa shape index (κ3) is 2.45. The maximum absolute atomic E-state index is 6.79. The summed E-state index contributed by atoms with van der Waals surface area (Å²) in [4.78, 5) is 3.74. The van der Waals surface area contributed by atoms with Crippen LogP contribution in [0.25, 0.3) is 0 Å². The molecule has 152 valence electrons. The SMILES string of the molecule is CC1(C)CN(C(=S)C23CC4CC(c5ccccc5)(CC2(CCl)C4)C3)CC[C@@H]1N. The Bertz CT molecular complexity index is 795. The number of rotatable bonds is 3. The molecule has 4 unspecified atom stereocenters. The summed E-state index contributed by atoms with van der Waals surface area (Å²) in [7, 11) is 0. The highest BCUT2D eigenvalue weighted by molar-refractivity contribution is 7.80. The van der Waals surface area contributed by atoms with Crippen LogP contribution in [0.15, 0.2) is 30.3 Å². The Kier molecular flexibility index (Phi) is 4.27. The van der Waals surface area contributed by atoms with Crippen LogP contribution in [0.2, 0.25) is 0 Å². The smallest absolute Gasteiger partial charge is 0.0848 e. The summed E-state index contributed by atoms with van der Waals surface area (Å²) in [6.45, 7) is 6.58. The van der Waals surface area contributed by atoms with Gasteiger partial charge in [0.1, 0.15) is 0 Å². The Morgan fingerprint density at radius 1 is 1.18 bits per heavy atom. The lowest BCUT2D eigenvalue weighted by Gasteiger charge is -2.50. The molecule has 1 aliphatic heterocycles. The molecule has 4 aliphatic carbocycles. The Balaban J connectivity index is 1.53. The van der Waals surface area contributed by atoms with Crippen LogP contribution >= 0.6 is 23.8 Å². The van der Waals surface area contributed by atoms with Crippen LogP contribution in [0.3, 0.4) is 0 Å². The molecule has 4 bridgehead atoms. The maximum atomic E-state index is 6.79. The van der Waals surface area contributed by atoms with Crippen LogP contribution in [0.5, 0.6) is 0 Å². The molecule has 5 fully saturated rings. The molecular weight excluding hydrogens is 384 g/mol. The number of likely N-dealkylation sites (tertiary alicyclic amines) is 1. The van der Waals surface area contributed by atoms with Crippen LogP contribution in [0, 0.1) is 22.2 Å². The lowest BCUT2D eigenvalue weighted by molar-refractivity contribution is 0.125. The van der Waals surface area contributed by atoms with Crippen LogP contribution in [0.4, 0.5) is 0 Å². The van der Waals surface area contributed by atoms with E-state index in [4.69, 9.17) is 29.6 Å². The molecule has 28 heavy (non-hydrogen) atoms. The Labute approximate surface area is 180 Å². The molecule has 5 aliphatic rings. The quantitative estimate of drug-likeness (QED) is 0.547. The van der Waals surface area contributed by atoms with Crippen molar-refractivity contribution in [3.05, 3.63) is 35.9 Å². The number of hydrogen-bond acceptors (Lipinski definition) is 2. The minimum absolute atomic E-state index is 0.0976. The number of halogens is 1. The maximum Gasteiger partial charge on any atom is 0.0848 e. The molecule has 1 aromatic rings. The second kappa shape index (κ2) is 6.18. The first kappa shape index (κ1) is 19.3. The van der Waals surface area contributed by atoms with Crippen molar-refractivity contribution < 1.29 is 0 Å². The fourth-order valence-electron chi connectivity index (χ4n) is 7.74. The van der Waals surface area contributed by atoms with Gasteiger partial charge in [-0.15, -0.1) is 11.6 Å². The van der Waals surface area contributed by atoms with E-state index in [-0.39, 0.29) is 27.7 Å². The number of nitrogens with two attached hydrogens (primary N) is 1. The summed E-state index contributed by atoms with van der Waals surface area (Å²) >= 11 is 13.1. The monoisotopic (exact) mass is 416 g/mol. The minimum atomic E-state index is 0.0976. The number of hydrogen-bond donors (Lipinski definition) is 1. The zero-order chi connectivity index (χ0) is 19.8. The third-order valence-electron chi connectivity index (χ3n) is 8.98. The van der Waals surface area contributed by atoms with Crippen LogP contribution in [-0.2, 0) is 5.41 Å². The normalized spacial score (nSPS) is 43.5. The van der Waals surface area contributed by atoms with E-state index in [9.17, 15) is 0 Å². The van der Waals surface area contributed by atoms with E-state index in [1.165, 1.54) is 42.7 Å². The highest BCUT2D eigenvalue weighted by Gasteiger charge is 2.73.